The normalized spacial score (nSPS) is 11.2. The van der Waals surface area contributed by atoms with Crippen LogP contribution < -0.4 is 0 Å². The maximum absolute atomic E-state index is 5.94. The van der Waals surface area contributed by atoms with Crippen molar-refractivity contribution in [3.8, 4) is 5.82 Å². The van der Waals surface area contributed by atoms with Crippen LogP contribution in [0.5, 0.6) is 0 Å². The molecule has 17 heavy (non-hydrogen) atoms. The molecule has 0 spiro atoms. The van der Waals surface area contributed by atoms with Gasteiger partial charge >= 0.3 is 0 Å². The summed E-state index contributed by atoms with van der Waals surface area (Å²) in [6.07, 6.45) is 1.76. The third kappa shape index (κ3) is 1.62. The van der Waals surface area contributed by atoms with Gasteiger partial charge in [-0.15, -0.1) is 11.3 Å². The maximum Gasteiger partial charge on any atom is 0.225 e. The molecule has 0 bridgehead atoms. The van der Waals surface area contributed by atoms with Gasteiger partial charge in [-0.25, -0.2) is 9.97 Å². The van der Waals surface area contributed by atoms with E-state index < -0.39 is 0 Å². The zero-order valence-corrected chi connectivity index (χ0v) is 10.9. The molecule has 3 rings (SSSR count). The van der Waals surface area contributed by atoms with Crippen molar-refractivity contribution >= 4 is 33.2 Å². The molecule has 0 radical (unpaired) electrons. The number of imidazole rings is 1. The standard InChI is InChI=1S/C11H9ClN4S/c1-6-7(2)16(5-13-6)9-8-3-4-17-10(8)15-11(12)14-9/h3-5H,1-2H3. The Morgan fingerprint density at radius 3 is 2.82 bits per heavy atom. The van der Waals surface area contributed by atoms with Crippen LogP contribution in [-0.2, 0) is 0 Å². The fourth-order valence-corrected chi connectivity index (χ4v) is 2.68. The summed E-state index contributed by atoms with van der Waals surface area (Å²) in [6, 6.07) is 2.00. The zero-order chi connectivity index (χ0) is 12.0. The van der Waals surface area contributed by atoms with Crippen molar-refractivity contribution in [3.05, 3.63) is 34.4 Å². The second kappa shape index (κ2) is 3.78. The molecule has 0 aromatic carbocycles. The zero-order valence-electron chi connectivity index (χ0n) is 9.31. The van der Waals surface area contributed by atoms with E-state index in [2.05, 4.69) is 15.0 Å². The Bertz CT molecular complexity index is 701. The van der Waals surface area contributed by atoms with Gasteiger partial charge in [-0.3, -0.25) is 4.57 Å². The van der Waals surface area contributed by atoms with E-state index in [1.54, 1.807) is 17.7 Å². The molecule has 0 aliphatic heterocycles. The average molecular weight is 265 g/mol. The monoisotopic (exact) mass is 264 g/mol. The number of aromatic nitrogens is 4. The van der Waals surface area contributed by atoms with Crippen molar-refractivity contribution < 1.29 is 0 Å². The van der Waals surface area contributed by atoms with Gasteiger partial charge in [0.05, 0.1) is 11.1 Å². The fraction of sp³-hybridized carbons (Fsp3) is 0.182. The lowest BCUT2D eigenvalue weighted by atomic mass is 10.3. The number of aryl methyl sites for hydroxylation is 1. The Kier molecular flexibility index (Phi) is 2.38. The van der Waals surface area contributed by atoms with E-state index in [0.717, 1.165) is 27.4 Å². The fourth-order valence-electron chi connectivity index (χ4n) is 1.71. The molecule has 3 aromatic heterocycles. The molecule has 6 heteroatoms. The number of thiophene rings is 1. The summed E-state index contributed by atoms with van der Waals surface area (Å²) < 4.78 is 1.94. The Morgan fingerprint density at radius 1 is 1.29 bits per heavy atom. The summed E-state index contributed by atoms with van der Waals surface area (Å²) in [6.45, 7) is 3.98. The van der Waals surface area contributed by atoms with Crippen molar-refractivity contribution in [2.45, 2.75) is 13.8 Å². The predicted molar refractivity (Wildman–Crippen MR) is 69.0 cm³/mol. The molecule has 0 unspecified atom stereocenters. The van der Waals surface area contributed by atoms with Gasteiger partial charge in [0.2, 0.25) is 5.28 Å². The highest BCUT2D eigenvalue weighted by molar-refractivity contribution is 7.16. The Balaban J connectivity index is 2.36. The van der Waals surface area contributed by atoms with E-state index in [0.29, 0.717) is 0 Å². The smallest absolute Gasteiger partial charge is 0.225 e. The van der Waals surface area contributed by atoms with E-state index in [9.17, 15) is 0 Å². The first-order valence-electron chi connectivity index (χ1n) is 5.08. The number of halogens is 1. The van der Waals surface area contributed by atoms with Crippen LogP contribution in [0.15, 0.2) is 17.8 Å². The molecule has 0 amide bonds. The third-order valence-electron chi connectivity index (χ3n) is 2.76. The minimum Gasteiger partial charge on any atom is -0.287 e. The first-order valence-corrected chi connectivity index (χ1v) is 6.34. The van der Waals surface area contributed by atoms with Crippen molar-refractivity contribution in [2.24, 2.45) is 0 Å². The Hall–Kier alpha value is -1.46. The minimum atomic E-state index is 0.265. The molecule has 3 aromatic rings. The maximum atomic E-state index is 5.94. The Labute approximate surface area is 107 Å². The number of rotatable bonds is 1. The highest BCUT2D eigenvalue weighted by atomic mass is 35.5. The van der Waals surface area contributed by atoms with Crippen LogP contribution in [0, 0.1) is 13.8 Å². The quantitative estimate of drug-likeness (QED) is 0.634. The molecular formula is C11H9ClN4S. The number of hydrogen-bond acceptors (Lipinski definition) is 4. The van der Waals surface area contributed by atoms with E-state index in [-0.39, 0.29) is 5.28 Å². The molecular weight excluding hydrogens is 256 g/mol. The molecule has 0 atom stereocenters. The SMILES string of the molecule is Cc1ncn(-c2nc(Cl)nc3sccc23)c1C. The molecule has 3 heterocycles. The van der Waals surface area contributed by atoms with Gasteiger partial charge in [0.1, 0.15) is 11.2 Å². The van der Waals surface area contributed by atoms with Gasteiger partial charge in [0, 0.05) is 5.69 Å². The second-order valence-electron chi connectivity index (χ2n) is 3.74. The third-order valence-corrected chi connectivity index (χ3v) is 3.73. The molecule has 4 nitrogen and oxygen atoms in total. The summed E-state index contributed by atoms with van der Waals surface area (Å²) in [7, 11) is 0. The van der Waals surface area contributed by atoms with Crippen LogP contribution in [0.2, 0.25) is 5.28 Å². The first kappa shape index (κ1) is 10.7. The Morgan fingerprint density at radius 2 is 2.12 bits per heavy atom. The highest BCUT2D eigenvalue weighted by Crippen LogP contribution is 2.26. The first-order chi connectivity index (χ1) is 8.16. The summed E-state index contributed by atoms with van der Waals surface area (Å²) in [4.78, 5) is 13.7. The predicted octanol–water partition coefficient (Wildman–Crippen LogP) is 3.15. The van der Waals surface area contributed by atoms with Crippen LogP contribution in [-0.4, -0.2) is 19.5 Å². The van der Waals surface area contributed by atoms with Gasteiger partial charge < -0.3 is 0 Å². The molecule has 0 N–H and O–H groups in total. The molecule has 0 fully saturated rings. The number of nitrogens with zero attached hydrogens (tertiary/aromatic N) is 4. The lowest BCUT2D eigenvalue weighted by Gasteiger charge is -2.06. The topological polar surface area (TPSA) is 43.6 Å². The van der Waals surface area contributed by atoms with Crippen molar-refractivity contribution in [3.63, 3.8) is 0 Å². The van der Waals surface area contributed by atoms with Crippen molar-refractivity contribution in [1.29, 1.82) is 0 Å². The molecule has 0 saturated heterocycles. The van der Waals surface area contributed by atoms with Crippen LogP contribution in [0.1, 0.15) is 11.4 Å². The van der Waals surface area contributed by atoms with Gasteiger partial charge in [-0.1, -0.05) is 0 Å². The van der Waals surface area contributed by atoms with E-state index in [1.165, 1.54) is 0 Å². The summed E-state index contributed by atoms with van der Waals surface area (Å²) >= 11 is 7.49. The minimum absolute atomic E-state index is 0.265. The van der Waals surface area contributed by atoms with E-state index in [4.69, 9.17) is 11.6 Å². The van der Waals surface area contributed by atoms with Crippen LogP contribution in [0.25, 0.3) is 16.0 Å². The van der Waals surface area contributed by atoms with Gasteiger partial charge in [0.25, 0.3) is 0 Å². The lowest BCUT2D eigenvalue weighted by molar-refractivity contribution is 0.954. The molecule has 0 aliphatic carbocycles. The molecule has 0 saturated carbocycles. The number of hydrogen-bond donors (Lipinski definition) is 0. The van der Waals surface area contributed by atoms with Crippen LogP contribution in [0.3, 0.4) is 0 Å². The second-order valence-corrected chi connectivity index (χ2v) is 4.97. The summed E-state index contributed by atoms with van der Waals surface area (Å²) in [5.41, 5.74) is 2.05. The van der Waals surface area contributed by atoms with Crippen LogP contribution >= 0.6 is 22.9 Å². The average Bonchev–Trinajstić information content (AvgIpc) is 2.87. The van der Waals surface area contributed by atoms with E-state index in [1.807, 2.05) is 29.9 Å². The lowest BCUT2D eigenvalue weighted by Crippen LogP contribution is -2.00. The highest BCUT2D eigenvalue weighted by Gasteiger charge is 2.12. The van der Waals surface area contributed by atoms with Crippen molar-refractivity contribution in [2.75, 3.05) is 0 Å². The van der Waals surface area contributed by atoms with Gasteiger partial charge in [-0.2, -0.15) is 4.98 Å². The summed E-state index contributed by atoms with van der Waals surface area (Å²) in [5, 5.41) is 3.25. The van der Waals surface area contributed by atoms with Crippen molar-refractivity contribution in [1.82, 2.24) is 19.5 Å². The number of fused-ring (bicyclic) bond motifs is 1. The van der Waals surface area contributed by atoms with E-state index >= 15 is 0 Å². The molecule has 86 valence electrons. The molecule has 0 aliphatic rings. The summed E-state index contributed by atoms with van der Waals surface area (Å²) in [5.74, 6) is 0.791. The van der Waals surface area contributed by atoms with Gasteiger partial charge in [0.15, 0.2) is 5.82 Å². The largest absolute Gasteiger partial charge is 0.287 e. The van der Waals surface area contributed by atoms with Gasteiger partial charge in [-0.05, 0) is 36.9 Å². The van der Waals surface area contributed by atoms with Crippen LogP contribution in [0.4, 0.5) is 0 Å².